The largest absolute Gasteiger partial charge is 0.497 e. The van der Waals surface area contributed by atoms with Gasteiger partial charge in [0.15, 0.2) is 0 Å². The summed E-state index contributed by atoms with van der Waals surface area (Å²) in [5, 5.41) is 0. The number of anilines is 1. The average molecular weight is 445 g/mol. The van der Waals surface area contributed by atoms with Crippen molar-refractivity contribution >= 4 is 11.7 Å². The Bertz CT molecular complexity index is 1080. The van der Waals surface area contributed by atoms with Crippen LogP contribution in [0.3, 0.4) is 0 Å². The molecule has 0 aliphatic carbocycles. The van der Waals surface area contributed by atoms with Gasteiger partial charge in [-0.05, 0) is 36.6 Å². The summed E-state index contributed by atoms with van der Waals surface area (Å²) in [6.45, 7) is 7.06. The van der Waals surface area contributed by atoms with E-state index in [1.807, 2.05) is 42.2 Å². The van der Waals surface area contributed by atoms with E-state index >= 15 is 0 Å². The third kappa shape index (κ3) is 5.51. The summed E-state index contributed by atoms with van der Waals surface area (Å²) in [6, 6.07) is 18.2. The molecule has 1 amide bonds. The highest BCUT2D eigenvalue weighted by atomic mass is 16.5. The minimum Gasteiger partial charge on any atom is -0.497 e. The quantitative estimate of drug-likeness (QED) is 0.554. The molecule has 0 spiro atoms. The molecule has 0 radical (unpaired) electrons. The first-order chi connectivity index (χ1) is 16.1. The fraction of sp³-hybridized carbons (Fsp3) is 0.370. The van der Waals surface area contributed by atoms with Crippen LogP contribution in [0.4, 0.5) is 5.82 Å². The first kappa shape index (κ1) is 22.8. The van der Waals surface area contributed by atoms with Crippen molar-refractivity contribution < 1.29 is 9.53 Å². The lowest BCUT2D eigenvalue weighted by Gasteiger charge is -2.36. The zero-order valence-electron chi connectivity index (χ0n) is 19.8. The van der Waals surface area contributed by atoms with Crippen molar-refractivity contribution in [2.75, 3.05) is 38.2 Å². The Balaban J connectivity index is 1.46. The highest BCUT2D eigenvalue weighted by molar-refractivity contribution is 5.79. The van der Waals surface area contributed by atoms with Crippen molar-refractivity contribution in [2.24, 2.45) is 0 Å². The molecule has 0 N–H and O–H groups in total. The molecule has 2 heterocycles. The van der Waals surface area contributed by atoms with Crippen LogP contribution < -0.4 is 9.64 Å². The zero-order chi connectivity index (χ0) is 23.2. The number of amides is 1. The second-order valence-electron chi connectivity index (χ2n) is 8.43. The van der Waals surface area contributed by atoms with Crippen LogP contribution in [-0.2, 0) is 24.1 Å². The van der Waals surface area contributed by atoms with Crippen molar-refractivity contribution in [3.63, 3.8) is 0 Å². The molecule has 1 aromatic heterocycles. The Morgan fingerprint density at radius 3 is 2.27 bits per heavy atom. The molecule has 1 fully saturated rings. The zero-order valence-corrected chi connectivity index (χ0v) is 19.8. The minimum absolute atomic E-state index is 0.164. The highest BCUT2D eigenvalue weighted by Gasteiger charge is 2.25. The molecule has 3 aromatic rings. The van der Waals surface area contributed by atoms with Crippen LogP contribution in [0.1, 0.15) is 35.1 Å². The monoisotopic (exact) mass is 444 g/mol. The number of aryl methyl sites for hydroxylation is 2. The van der Waals surface area contributed by atoms with Crippen molar-refractivity contribution in [3.8, 4) is 5.75 Å². The van der Waals surface area contributed by atoms with Crippen molar-refractivity contribution in [1.29, 1.82) is 0 Å². The number of rotatable bonds is 7. The molecule has 6 heteroatoms. The summed E-state index contributed by atoms with van der Waals surface area (Å²) in [5.74, 6) is 2.79. The summed E-state index contributed by atoms with van der Waals surface area (Å²) in [5.41, 5.74) is 4.58. The molecule has 1 aliphatic rings. The molecule has 2 aromatic carbocycles. The maximum atomic E-state index is 12.9. The lowest BCUT2D eigenvalue weighted by atomic mass is 10.0. The maximum absolute atomic E-state index is 12.9. The fourth-order valence-corrected chi connectivity index (χ4v) is 4.37. The van der Waals surface area contributed by atoms with E-state index in [1.165, 1.54) is 11.1 Å². The topological polar surface area (TPSA) is 58.6 Å². The van der Waals surface area contributed by atoms with E-state index in [0.717, 1.165) is 54.6 Å². The summed E-state index contributed by atoms with van der Waals surface area (Å²) < 4.78 is 5.20. The van der Waals surface area contributed by atoms with Gasteiger partial charge in [-0.15, -0.1) is 0 Å². The van der Waals surface area contributed by atoms with E-state index < -0.39 is 0 Å². The lowest BCUT2D eigenvalue weighted by molar-refractivity contribution is -0.130. The SMILES string of the molecule is CCc1nc(C)nc(N2CCN(C(=O)Cc3ccc(OC)cc3)CC2)c1Cc1ccccc1. The predicted octanol–water partition coefficient (Wildman–Crippen LogP) is 3.84. The number of aromatic nitrogens is 2. The fourth-order valence-electron chi connectivity index (χ4n) is 4.37. The molecular formula is C27H32N4O2. The lowest BCUT2D eigenvalue weighted by Crippen LogP contribution is -2.49. The van der Waals surface area contributed by atoms with Crippen LogP contribution in [0, 0.1) is 6.92 Å². The molecule has 0 atom stereocenters. The molecule has 6 nitrogen and oxygen atoms in total. The maximum Gasteiger partial charge on any atom is 0.227 e. The number of hydrogen-bond acceptors (Lipinski definition) is 5. The number of benzene rings is 2. The molecule has 33 heavy (non-hydrogen) atoms. The predicted molar refractivity (Wildman–Crippen MR) is 131 cm³/mol. The van der Waals surface area contributed by atoms with E-state index in [2.05, 4.69) is 36.1 Å². The minimum atomic E-state index is 0.164. The van der Waals surface area contributed by atoms with Gasteiger partial charge >= 0.3 is 0 Å². The van der Waals surface area contributed by atoms with Crippen LogP contribution in [0.15, 0.2) is 54.6 Å². The first-order valence-electron chi connectivity index (χ1n) is 11.6. The van der Waals surface area contributed by atoms with E-state index in [0.29, 0.717) is 19.5 Å². The van der Waals surface area contributed by atoms with Gasteiger partial charge in [0.05, 0.1) is 13.5 Å². The van der Waals surface area contributed by atoms with Gasteiger partial charge in [0.25, 0.3) is 0 Å². The normalized spacial score (nSPS) is 13.8. The van der Waals surface area contributed by atoms with E-state index in [9.17, 15) is 4.79 Å². The number of nitrogens with zero attached hydrogens (tertiary/aromatic N) is 4. The van der Waals surface area contributed by atoms with Crippen molar-refractivity contribution in [1.82, 2.24) is 14.9 Å². The smallest absolute Gasteiger partial charge is 0.227 e. The van der Waals surface area contributed by atoms with Crippen LogP contribution >= 0.6 is 0 Å². The van der Waals surface area contributed by atoms with Gasteiger partial charge in [-0.25, -0.2) is 9.97 Å². The number of carbonyl (C=O) groups is 1. The Morgan fingerprint density at radius 1 is 0.939 bits per heavy atom. The summed E-state index contributed by atoms with van der Waals surface area (Å²) in [7, 11) is 1.65. The van der Waals surface area contributed by atoms with E-state index in [1.54, 1.807) is 7.11 Å². The van der Waals surface area contributed by atoms with Crippen LogP contribution in [0.5, 0.6) is 5.75 Å². The van der Waals surface area contributed by atoms with Gasteiger partial charge < -0.3 is 14.5 Å². The average Bonchev–Trinajstić information content (AvgIpc) is 2.86. The highest BCUT2D eigenvalue weighted by Crippen LogP contribution is 2.26. The third-order valence-electron chi connectivity index (χ3n) is 6.19. The number of carbonyl (C=O) groups excluding carboxylic acids is 1. The van der Waals surface area contributed by atoms with Crippen LogP contribution in [0.2, 0.25) is 0 Å². The van der Waals surface area contributed by atoms with Gasteiger partial charge in [0, 0.05) is 43.9 Å². The Morgan fingerprint density at radius 2 is 1.64 bits per heavy atom. The van der Waals surface area contributed by atoms with E-state index in [-0.39, 0.29) is 5.91 Å². The molecule has 0 unspecified atom stereocenters. The second kappa shape index (κ2) is 10.5. The molecule has 4 rings (SSSR count). The van der Waals surface area contributed by atoms with Gasteiger partial charge in [-0.2, -0.15) is 0 Å². The van der Waals surface area contributed by atoms with Gasteiger partial charge in [0.1, 0.15) is 17.4 Å². The van der Waals surface area contributed by atoms with Crippen molar-refractivity contribution in [2.45, 2.75) is 33.1 Å². The van der Waals surface area contributed by atoms with Gasteiger partial charge in [-0.3, -0.25) is 4.79 Å². The second-order valence-corrected chi connectivity index (χ2v) is 8.43. The molecule has 0 saturated carbocycles. The molecule has 0 bridgehead atoms. The summed E-state index contributed by atoms with van der Waals surface area (Å²) >= 11 is 0. The summed E-state index contributed by atoms with van der Waals surface area (Å²) in [4.78, 5) is 26.8. The number of hydrogen-bond donors (Lipinski definition) is 0. The number of methoxy groups -OCH3 is 1. The molecule has 1 aliphatic heterocycles. The Kier molecular flexibility index (Phi) is 7.23. The van der Waals surface area contributed by atoms with E-state index in [4.69, 9.17) is 14.7 Å². The third-order valence-corrected chi connectivity index (χ3v) is 6.19. The summed E-state index contributed by atoms with van der Waals surface area (Å²) in [6.07, 6.45) is 2.10. The van der Waals surface area contributed by atoms with Gasteiger partial charge in [-0.1, -0.05) is 49.4 Å². The van der Waals surface area contributed by atoms with Crippen molar-refractivity contribution in [3.05, 3.63) is 82.8 Å². The van der Waals surface area contributed by atoms with Gasteiger partial charge in [0.2, 0.25) is 5.91 Å². The molecule has 172 valence electrons. The molecular weight excluding hydrogens is 412 g/mol. The standard InChI is InChI=1S/C27H32N4O2/c1-4-25-24(18-21-8-6-5-7-9-21)27(29-20(2)28-25)31-16-14-30(15-17-31)26(32)19-22-10-12-23(33-3)13-11-22/h5-13H,4,14-19H2,1-3H3. The number of ether oxygens (including phenoxy) is 1. The van der Waals surface area contributed by atoms with Crippen LogP contribution in [0.25, 0.3) is 0 Å². The van der Waals surface area contributed by atoms with Crippen LogP contribution in [-0.4, -0.2) is 54.1 Å². The first-order valence-corrected chi connectivity index (χ1v) is 11.6. The molecule has 1 saturated heterocycles. The Hall–Kier alpha value is -3.41. The Labute approximate surface area is 196 Å². The number of piperazine rings is 1.